The predicted octanol–water partition coefficient (Wildman–Crippen LogP) is 4.06. The minimum atomic E-state index is -0.802. The van der Waals surface area contributed by atoms with Crippen LogP contribution < -0.4 is 20.9 Å². The Hall–Kier alpha value is -4.02. The average molecular weight is 503 g/mol. The first-order valence-electron chi connectivity index (χ1n) is 11.4. The van der Waals surface area contributed by atoms with Crippen LogP contribution in [0.2, 0.25) is 0 Å². The third-order valence-electron chi connectivity index (χ3n) is 4.04. The quantitative estimate of drug-likeness (QED) is 0.332. The summed E-state index contributed by atoms with van der Waals surface area (Å²) in [5.74, 6) is -0.821. The first-order chi connectivity index (χ1) is 16.8. The summed E-state index contributed by atoms with van der Waals surface area (Å²) >= 11 is 0. The number of hydrogen-bond acceptors (Lipinski definition) is 8. The average Bonchev–Trinajstić information content (AvgIpc) is 2.75. The Morgan fingerprint density at radius 2 is 1.53 bits per heavy atom. The molecule has 2 rings (SSSR count). The van der Waals surface area contributed by atoms with Crippen LogP contribution in [-0.4, -0.2) is 40.6 Å². The van der Waals surface area contributed by atoms with Crippen LogP contribution in [0.5, 0.6) is 5.75 Å². The van der Waals surface area contributed by atoms with E-state index in [0.717, 1.165) is 10.2 Å². The molecule has 0 aliphatic heterocycles. The standard InChI is InChI=1S/C25H34N4O7/c1-8-33-21(30)19-20(34-16-17-12-10-9-11-13-17)18(26-27-22(31)35-24(2,3)4)14-15-29(19)28-23(32)36-25(5,6)7/h9-15H,8,16H2,1-7H3,(H,27,31)(H,28,32). The molecule has 36 heavy (non-hydrogen) atoms. The van der Waals surface area contributed by atoms with Gasteiger partial charge in [0.15, 0.2) is 11.4 Å². The summed E-state index contributed by atoms with van der Waals surface area (Å²) in [6.45, 7) is 12.1. The zero-order valence-corrected chi connectivity index (χ0v) is 21.7. The van der Waals surface area contributed by atoms with E-state index in [1.54, 1.807) is 48.5 Å². The third-order valence-corrected chi connectivity index (χ3v) is 4.04. The van der Waals surface area contributed by atoms with E-state index in [-0.39, 0.29) is 30.0 Å². The maximum atomic E-state index is 13.0. The minimum absolute atomic E-state index is 0.0353. The number of amides is 2. The van der Waals surface area contributed by atoms with Gasteiger partial charge in [0, 0.05) is 6.20 Å². The van der Waals surface area contributed by atoms with Gasteiger partial charge in [0.05, 0.1) is 6.61 Å². The summed E-state index contributed by atoms with van der Waals surface area (Å²) in [6.07, 6.45) is -0.234. The zero-order chi connectivity index (χ0) is 26.9. The second-order valence-electron chi connectivity index (χ2n) is 9.58. The molecule has 2 N–H and O–H groups in total. The summed E-state index contributed by atoms with van der Waals surface area (Å²) in [6, 6.07) is 10.7. The molecule has 0 aliphatic carbocycles. The molecular weight excluding hydrogens is 468 g/mol. The van der Waals surface area contributed by atoms with Gasteiger partial charge >= 0.3 is 18.2 Å². The molecule has 0 spiro atoms. The van der Waals surface area contributed by atoms with Gasteiger partial charge in [-0.1, -0.05) is 30.3 Å². The van der Waals surface area contributed by atoms with Crippen LogP contribution in [0.15, 0.2) is 47.7 Å². The molecule has 0 saturated carbocycles. The van der Waals surface area contributed by atoms with Crippen LogP contribution in [0, 0.1) is 0 Å². The number of aromatic nitrogens is 1. The highest BCUT2D eigenvalue weighted by molar-refractivity contribution is 5.91. The second kappa shape index (κ2) is 12.1. The number of ether oxygens (including phenoxy) is 4. The number of pyridine rings is 1. The summed E-state index contributed by atoms with van der Waals surface area (Å²) in [5.41, 5.74) is 3.93. The fourth-order valence-electron chi connectivity index (χ4n) is 2.78. The van der Waals surface area contributed by atoms with E-state index in [1.807, 2.05) is 30.3 Å². The Balaban J connectivity index is 2.56. The Morgan fingerprint density at radius 1 is 0.917 bits per heavy atom. The van der Waals surface area contributed by atoms with Crippen molar-refractivity contribution in [3.05, 3.63) is 59.2 Å². The van der Waals surface area contributed by atoms with E-state index >= 15 is 0 Å². The van der Waals surface area contributed by atoms with E-state index in [4.69, 9.17) is 18.9 Å². The molecule has 1 aromatic carbocycles. The Labute approximate surface area is 210 Å². The highest BCUT2D eigenvalue weighted by Crippen LogP contribution is 2.17. The fourth-order valence-corrected chi connectivity index (χ4v) is 2.78. The number of rotatable bonds is 7. The molecule has 0 aliphatic rings. The molecule has 1 heterocycles. The molecule has 196 valence electrons. The van der Waals surface area contributed by atoms with Crippen molar-refractivity contribution < 1.29 is 33.3 Å². The molecule has 2 amide bonds. The summed E-state index contributed by atoms with van der Waals surface area (Å²) in [4.78, 5) is 37.6. The minimum Gasteiger partial charge on any atom is -0.484 e. The topological polar surface area (TPSA) is 129 Å². The number of hydrogen-bond donors (Lipinski definition) is 2. The molecule has 1 aromatic heterocycles. The van der Waals surface area contributed by atoms with E-state index in [2.05, 4.69) is 16.0 Å². The van der Waals surface area contributed by atoms with Crippen LogP contribution in [0.4, 0.5) is 9.59 Å². The number of nitrogens with zero attached hydrogens (tertiary/aromatic N) is 2. The molecule has 11 nitrogen and oxygen atoms in total. The maximum absolute atomic E-state index is 13.0. The zero-order valence-electron chi connectivity index (χ0n) is 21.7. The molecule has 0 radical (unpaired) electrons. The number of carbonyl (C=O) groups excluding carboxylic acids is 3. The van der Waals surface area contributed by atoms with Gasteiger partial charge in [-0.2, -0.15) is 5.10 Å². The van der Waals surface area contributed by atoms with Gasteiger partial charge in [-0.3, -0.25) is 0 Å². The van der Waals surface area contributed by atoms with Crippen molar-refractivity contribution >= 4 is 18.2 Å². The summed E-state index contributed by atoms with van der Waals surface area (Å²) in [5, 5.41) is 4.17. The molecule has 11 heteroatoms. The smallest absolute Gasteiger partial charge is 0.428 e. The highest BCUT2D eigenvalue weighted by Gasteiger charge is 2.24. The lowest BCUT2D eigenvalue weighted by atomic mass is 10.2. The number of esters is 1. The number of carbonyl (C=O) groups is 3. The van der Waals surface area contributed by atoms with Gasteiger partial charge < -0.3 is 18.9 Å². The van der Waals surface area contributed by atoms with Crippen LogP contribution >= 0.6 is 0 Å². The molecule has 0 saturated heterocycles. The monoisotopic (exact) mass is 502 g/mol. The van der Waals surface area contributed by atoms with Crippen molar-refractivity contribution in [2.45, 2.75) is 66.3 Å². The van der Waals surface area contributed by atoms with Gasteiger partial charge in [0.2, 0.25) is 0 Å². The number of benzene rings is 1. The van der Waals surface area contributed by atoms with Gasteiger partial charge in [-0.15, -0.1) is 0 Å². The molecule has 0 fully saturated rings. The van der Waals surface area contributed by atoms with Crippen LogP contribution in [-0.2, 0) is 20.8 Å². The van der Waals surface area contributed by atoms with Crippen molar-refractivity contribution in [3.63, 3.8) is 0 Å². The SMILES string of the molecule is CCOC(=O)c1c(OCc2ccccc2)c(=NNC(=O)OC(C)(C)C)ccn1NC(=O)OC(C)(C)C. The first kappa shape index (κ1) is 28.2. The van der Waals surface area contributed by atoms with Crippen molar-refractivity contribution in [1.82, 2.24) is 10.1 Å². The summed E-state index contributed by atoms with van der Waals surface area (Å²) in [7, 11) is 0. The Kier molecular flexibility index (Phi) is 9.48. The van der Waals surface area contributed by atoms with Crippen LogP contribution in [0.1, 0.15) is 64.5 Å². The van der Waals surface area contributed by atoms with Crippen molar-refractivity contribution in [2.75, 3.05) is 12.0 Å². The predicted molar refractivity (Wildman–Crippen MR) is 132 cm³/mol. The van der Waals surface area contributed by atoms with Crippen molar-refractivity contribution in [3.8, 4) is 5.75 Å². The molecule has 2 aromatic rings. The molecule has 0 bridgehead atoms. The molecular formula is C25H34N4O7. The first-order valence-corrected chi connectivity index (χ1v) is 11.4. The van der Waals surface area contributed by atoms with Crippen LogP contribution in [0.3, 0.4) is 0 Å². The molecule has 0 atom stereocenters. The maximum Gasteiger partial charge on any atom is 0.428 e. The largest absolute Gasteiger partial charge is 0.484 e. The lowest BCUT2D eigenvalue weighted by molar-refractivity contribution is 0.0502. The fraction of sp³-hybridized carbons (Fsp3) is 0.440. The van der Waals surface area contributed by atoms with E-state index in [1.165, 1.54) is 12.3 Å². The normalized spacial score (nSPS) is 11.9. The lowest BCUT2D eigenvalue weighted by Crippen LogP contribution is -2.35. The van der Waals surface area contributed by atoms with E-state index in [9.17, 15) is 14.4 Å². The second-order valence-corrected chi connectivity index (χ2v) is 9.58. The van der Waals surface area contributed by atoms with Crippen LogP contribution in [0.25, 0.3) is 0 Å². The lowest BCUT2D eigenvalue weighted by Gasteiger charge is -2.22. The number of nitrogens with one attached hydrogen (secondary N) is 2. The summed E-state index contributed by atoms with van der Waals surface area (Å²) < 4.78 is 22.8. The van der Waals surface area contributed by atoms with Crippen molar-refractivity contribution in [2.24, 2.45) is 5.10 Å². The van der Waals surface area contributed by atoms with Gasteiger partial charge in [0.25, 0.3) is 0 Å². The Morgan fingerprint density at radius 3 is 2.11 bits per heavy atom. The van der Waals surface area contributed by atoms with E-state index < -0.39 is 29.4 Å². The molecule has 0 unspecified atom stereocenters. The van der Waals surface area contributed by atoms with Gasteiger partial charge in [0.1, 0.15) is 23.2 Å². The van der Waals surface area contributed by atoms with Gasteiger partial charge in [-0.25, -0.2) is 29.9 Å². The highest BCUT2D eigenvalue weighted by atomic mass is 16.6. The Bertz CT molecular complexity index is 1130. The van der Waals surface area contributed by atoms with Gasteiger partial charge in [-0.05, 0) is 60.1 Å². The van der Waals surface area contributed by atoms with Crippen molar-refractivity contribution in [1.29, 1.82) is 0 Å². The van der Waals surface area contributed by atoms with E-state index in [0.29, 0.717) is 0 Å². The third kappa shape index (κ3) is 9.32.